The van der Waals surface area contributed by atoms with E-state index in [0.29, 0.717) is 12.3 Å². The van der Waals surface area contributed by atoms with Crippen molar-refractivity contribution in [2.24, 2.45) is 0 Å². The Morgan fingerprint density at radius 3 is 2.58 bits per heavy atom. The zero-order chi connectivity index (χ0) is 13.2. The molecule has 0 radical (unpaired) electrons. The average molecular weight is 275 g/mol. The Morgan fingerprint density at radius 2 is 1.95 bits per heavy atom. The molecular formula is C14H14FN3S. The third kappa shape index (κ3) is 2.92. The van der Waals surface area contributed by atoms with Gasteiger partial charge in [-0.25, -0.2) is 9.37 Å². The quantitative estimate of drug-likeness (QED) is 0.803. The Labute approximate surface area is 115 Å². The van der Waals surface area contributed by atoms with Gasteiger partial charge in [0.25, 0.3) is 0 Å². The zero-order valence-corrected chi connectivity index (χ0v) is 11.5. The van der Waals surface area contributed by atoms with Crippen molar-refractivity contribution in [2.75, 3.05) is 6.26 Å². The number of rotatable bonds is 4. The lowest BCUT2D eigenvalue weighted by Crippen LogP contribution is -2.04. The summed E-state index contributed by atoms with van der Waals surface area (Å²) in [5, 5.41) is 9.45. The normalized spacial score (nSPS) is 14.6. The summed E-state index contributed by atoms with van der Waals surface area (Å²) in [6.45, 7) is 0. The van der Waals surface area contributed by atoms with Crippen LogP contribution in [0.2, 0.25) is 0 Å². The van der Waals surface area contributed by atoms with Crippen LogP contribution in [0.15, 0.2) is 29.3 Å². The minimum atomic E-state index is -0.220. The molecule has 0 spiro atoms. The van der Waals surface area contributed by atoms with E-state index in [9.17, 15) is 4.39 Å². The van der Waals surface area contributed by atoms with Crippen LogP contribution in [0.1, 0.15) is 35.8 Å². The lowest BCUT2D eigenvalue weighted by atomic mass is 10.1. The first-order valence-electron chi connectivity index (χ1n) is 6.28. The summed E-state index contributed by atoms with van der Waals surface area (Å²) in [5.74, 6) is 1.16. The van der Waals surface area contributed by atoms with Gasteiger partial charge in [-0.2, -0.15) is 5.10 Å². The van der Waals surface area contributed by atoms with Crippen molar-refractivity contribution < 1.29 is 4.39 Å². The van der Waals surface area contributed by atoms with E-state index in [-0.39, 0.29) is 5.82 Å². The smallest absolute Gasteiger partial charge is 0.155 e. The van der Waals surface area contributed by atoms with Crippen LogP contribution in [-0.2, 0) is 6.42 Å². The van der Waals surface area contributed by atoms with Gasteiger partial charge in [0.1, 0.15) is 10.8 Å². The van der Waals surface area contributed by atoms with E-state index in [4.69, 9.17) is 0 Å². The van der Waals surface area contributed by atoms with Gasteiger partial charge in [0.15, 0.2) is 5.82 Å². The summed E-state index contributed by atoms with van der Waals surface area (Å²) in [6.07, 6.45) is 4.98. The van der Waals surface area contributed by atoms with Crippen LogP contribution in [0.25, 0.3) is 0 Å². The molecule has 5 heteroatoms. The summed E-state index contributed by atoms with van der Waals surface area (Å²) >= 11 is 1.59. The second-order valence-corrected chi connectivity index (χ2v) is 5.50. The van der Waals surface area contributed by atoms with Crippen molar-refractivity contribution in [1.29, 1.82) is 0 Å². The number of nitrogens with zero attached hydrogens (tertiary/aromatic N) is 3. The topological polar surface area (TPSA) is 38.7 Å². The van der Waals surface area contributed by atoms with E-state index < -0.39 is 0 Å². The van der Waals surface area contributed by atoms with Crippen LogP contribution >= 0.6 is 11.8 Å². The maximum absolute atomic E-state index is 12.9. The van der Waals surface area contributed by atoms with Gasteiger partial charge in [-0.15, -0.1) is 16.9 Å². The molecule has 2 aromatic rings. The van der Waals surface area contributed by atoms with Gasteiger partial charge in [-0.3, -0.25) is 0 Å². The van der Waals surface area contributed by atoms with E-state index >= 15 is 0 Å². The van der Waals surface area contributed by atoms with Crippen LogP contribution in [-0.4, -0.2) is 21.4 Å². The zero-order valence-electron chi connectivity index (χ0n) is 10.6. The maximum Gasteiger partial charge on any atom is 0.155 e. The summed E-state index contributed by atoms with van der Waals surface area (Å²) in [5.41, 5.74) is 1.88. The molecule has 0 atom stereocenters. The minimum absolute atomic E-state index is 0.220. The minimum Gasteiger partial charge on any atom is -0.222 e. The van der Waals surface area contributed by atoms with Gasteiger partial charge in [0, 0.05) is 12.3 Å². The van der Waals surface area contributed by atoms with Crippen molar-refractivity contribution in [2.45, 2.75) is 30.2 Å². The number of hydrogen-bond donors (Lipinski definition) is 0. The maximum atomic E-state index is 12.9. The molecule has 1 aromatic carbocycles. The lowest BCUT2D eigenvalue weighted by molar-refractivity contribution is 0.627. The molecule has 0 bridgehead atoms. The molecule has 0 N–H and O–H groups in total. The predicted octanol–water partition coefficient (Wildman–Crippen LogP) is 3.20. The van der Waals surface area contributed by atoms with Gasteiger partial charge in [0.05, 0.1) is 5.69 Å². The van der Waals surface area contributed by atoms with Gasteiger partial charge in [-0.05, 0) is 36.8 Å². The molecular weight excluding hydrogens is 261 g/mol. The summed E-state index contributed by atoms with van der Waals surface area (Å²) in [7, 11) is 0. The SMILES string of the molecule is CSc1nc(C2CC2)nnc1Cc1ccc(F)cc1. The summed E-state index contributed by atoms with van der Waals surface area (Å²) < 4.78 is 12.9. The van der Waals surface area contributed by atoms with Crippen molar-refractivity contribution in [3.05, 3.63) is 47.2 Å². The molecule has 19 heavy (non-hydrogen) atoms. The van der Waals surface area contributed by atoms with Crippen molar-refractivity contribution in [3.63, 3.8) is 0 Å². The third-order valence-electron chi connectivity index (χ3n) is 3.16. The van der Waals surface area contributed by atoms with E-state index in [1.54, 1.807) is 23.9 Å². The number of hydrogen-bond acceptors (Lipinski definition) is 4. The van der Waals surface area contributed by atoms with E-state index in [1.807, 2.05) is 6.26 Å². The fourth-order valence-electron chi connectivity index (χ4n) is 1.93. The fourth-order valence-corrected chi connectivity index (χ4v) is 2.46. The van der Waals surface area contributed by atoms with Crippen molar-refractivity contribution in [1.82, 2.24) is 15.2 Å². The predicted molar refractivity (Wildman–Crippen MR) is 72.8 cm³/mol. The molecule has 98 valence electrons. The van der Waals surface area contributed by atoms with Gasteiger partial charge < -0.3 is 0 Å². The highest BCUT2D eigenvalue weighted by molar-refractivity contribution is 7.98. The molecule has 1 aromatic heterocycles. The van der Waals surface area contributed by atoms with E-state index in [0.717, 1.165) is 22.1 Å². The Balaban J connectivity index is 1.85. The molecule has 1 aliphatic carbocycles. The standard InChI is InChI=1S/C14H14FN3S/c1-19-14-12(8-9-2-6-11(15)7-3-9)17-18-13(16-14)10-4-5-10/h2-3,6-7,10H,4-5,8H2,1H3. The number of aromatic nitrogens is 3. The summed E-state index contributed by atoms with van der Waals surface area (Å²) in [6, 6.07) is 6.48. The molecule has 0 aliphatic heterocycles. The fraction of sp³-hybridized carbons (Fsp3) is 0.357. The van der Waals surface area contributed by atoms with Crippen LogP contribution in [0.4, 0.5) is 4.39 Å². The monoisotopic (exact) mass is 275 g/mol. The van der Waals surface area contributed by atoms with Crippen molar-refractivity contribution in [3.8, 4) is 0 Å². The summed E-state index contributed by atoms with van der Waals surface area (Å²) in [4.78, 5) is 4.58. The molecule has 3 nitrogen and oxygen atoms in total. The largest absolute Gasteiger partial charge is 0.222 e. The third-order valence-corrected chi connectivity index (χ3v) is 3.87. The number of halogens is 1. The van der Waals surface area contributed by atoms with Crippen LogP contribution in [0, 0.1) is 5.82 Å². The number of thioether (sulfide) groups is 1. The molecule has 1 aliphatic rings. The first kappa shape index (κ1) is 12.5. The lowest BCUT2D eigenvalue weighted by Gasteiger charge is -2.06. The number of benzene rings is 1. The molecule has 0 saturated heterocycles. The second-order valence-electron chi connectivity index (χ2n) is 4.70. The Bertz CT molecular complexity index is 582. The van der Waals surface area contributed by atoms with Crippen molar-refractivity contribution >= 4 is 11.8 Å². The second kappa shape index (κ2) is 5.25. The molecule has 1 fully saturated rings. The Kier molecular flexibility index (Phi) is 3.46. The molecule has 3 rings (SSSR count). The first-order valence-corrected chi connectivity index (χ1v) is 7.50. The van der Waals surface area contributed by atoms with Crippen LogP contribution in [0.3, 0.4) is 0 Å². The average Bonchev–Trinajstić information content (AvgIpc) is 3.26. The van der Waals surface area contributed by atoms with Gasteiger partial charge >= 0.3 is 0 Å². The molecule has 0 unspecified atom stereocenters. The highest BCUT2D eigenvalue weighted by Crippen LogP contribution is 2.38. The Morgan fingerprint density at radius 1 is 1.21 bits per heavy atom. The van der Waals surface area contributed by atoms with Gasteiger partial charge in [-0.1, -0.05) is 12.1 Å². The van der Waals surface area contributed by atoms with Crippen LogP contribution < -0.4 is 0 Å². The first-order chi connectivity index (χ1) is 9.26. The highest BCUT2D eigenvalue weighted by atomic mass is 32.2. The van der Waals surface area contributed by atoms with Crippen LogP contribution in [0.5, 0.6) is 0 Å². The Hall–Kier alpha value is -1.49. The van der Waals surface area contributed by atoms with E-state index in [2.05, 4.69) is 15.2 Å². The highest BCUT2D eigenvalue weighted by Gasteiger charge is 2.27. The molecule has 1 saturated carbocycles. The van der Waals surface area contributed by atoms with Gasteiger partial charge in [0.2, 0.25) is 0 Å². The molecule has 1 heterocycles. The van der Waals surface area contributed by atoms with E-state index in [1.165, 1.54) is 25.0 Å². The molecule has 0 amide bonds.